The zero-order chi connectivity index (χ0) is 22.3. The van der Waals surface area contributed by atoms with E-state index >= 15 is 0 Å². The van der Waals surface area contributed by atoms with Crippen molar-refractivity contribution in [1.29, 1.82) is 0 Å². The van der Waals surface area contributed by atoms with Gasteiger partial charge in [0.1, 0.15) is 12.1 Å². The van der Waals surface area contributed by atoms with E-state index in [2.05, 4.69) is 15.3 Å². The Morgan fingerprint density at radius 2 is 1.88 bits per heavy atom. The Bertz CT molecular complexity index is 934. The molecule has 7 heteroatoms. The number of nitrogens with zero attached hydrogens (tertiary/aromatic N) is 3. The average molecular weight is 437 g/mol. The zero-order valence-electron chi connectivity index (χ0n) is 18.8. The molecule has 0 bridgehead atoms. The van der Waals surface area contributed by atoms with E-state index in [0.717, 1.165) is 62.2 Å². The fraction of sp³-hybridized carbons (Fsp3) is 0.520. The van der Waals surface area contributed by atoms with E-state index in [4.69, 9.17) is 4.74 Å². The van der Waals surface area contributed by atoms with Gasteiger partial charge in [-0.2, -0.15) is 0 Å². The minimum atomic E-state index is -0.180. The molecule has 0 unspecified atom stereocenters. The number of likely N-dealkylation sites (tertiary alicyclic amines) is 1. The fourth-order valence-electron chi connectivity index (χ4n) is 4.89. The van der Waals surface area contributed by atoms with Gasteiger partial charge in [0.25, 0.3) is 5.91 Å². The summed E-state index contributed by atoms with van der Waals surface area (Å²) in [6.07, 6.45) is 10.2. The molecule has 4 rings (SSSR count). The Hall–Kier alpha value is -2.96. The van der Waals surface area contributed by atoms with Gasteiger partial charge in [0, 0.05) is 37.3 Å². The number of para-hydroxylation sites is 1. The van der Waals surface area contributed by atoms with E-state index in [9.17, 15) is 9.59 Å². The SMILES string of the molecule is COc1ccccc1CNC(=O)c1cncnc1CC1CCN(C(=O)C2CCCC2)CC1. The molecule has 1 aromatic heterocycles. The summed E-state index contributed by atoms with van der Waals surface area (Å²) >= 11 is 0. The molecule has 1 saturated carbocycles. The third-order valence-corrected chi connectivity index (χ3v) is 6.78. The van der Waals surface area contributed by atoms with E-state index in [1.54, 1.807) is 13.3 Å². The second kappa shape index (κ2) is 10.6. The van der Waals surface area contributed by atoms with Crippen LogP contribution in [0.4, 0.5) is 0 Å². The number of amides is 2. The van der Waals surface area contributed by atoms with Gasteiger partial charge in [0.15, 0.2) is 0 Å². The summed E-state index contributed by atoms with van der Waals surface area (Å²) in [5, 5.41) is 2.97. The Morgan fingerprint density at radius 3 is 2.62 bits per heavy atom. The van der Waals surface area contributed by atoms with Crippen molar-refractivity contribution in [2.75, 3.05) is 20.2 Å². The minimum absolute atomic E-state index is 0.180. The summed E-state index contributed by atoms with van der Waals surface area (Å²) in [5.74, 6) is 1.57. The zero-order valence-corrected chi connectivity index (χ0v) is 18.8. The molecule has 0 radical (unpaired) electrons. The number of methoxy groups -OCH3 is 1. The van der Waals surface area contributed by atoms with Crippen molar-refractivity contribution in [1.82, 2.24) is 20.2 Å². The molecule has 2 heterocycles. The van der Waals surface area contributed by atoms with Crippen LogP contribution >= 0.6 is 0 Å². The van der Waals surface area contributed by atoms with Gasteiger partial charge in [-0.05, 0) is 44.1 Å². The average Bonchev–Trinajstić information content (AvgIpc) is 3.38. The topological polar surface area (TPSA) is 84.4 Å². The number of carbonyl (C=O) groups is 2. The molecule has 2 aromatic rings. The number of nitrogens with one attached hydrogen (secondary N) is 1. The molecule has 1 aromatic carbocycles. The van der Waals surface area contributed by atoms with Gasteiger partial charge in [-0.25, -0.2) is 9.97 Å². The summed E-state index contributed by atoms with van der Waals surface area (Å²) in [4.78, 5) is 36.1. The molecule has 2 fully saturated rings. The van der Waals surface area contributed by atoms with Crippen LogP contribution in [0.1, 0.15) is 60.1 Å². The van der Waals surface area contributed by atoms with Crippen molar-refractivity contribution in [2.24, 2.45) is 11.8 Å². The van der Waals surface area contributed by atoms with Gasteiger partial charge in [0.2, 0.25) is 5.91 Å². The van der Waals surface area contributed by atoms with Gasteiger partial charge in [-0.1, -0.05) is 31.0 Å². The second-order valence-corrected chi connectivity index (χ2v) is 8.83. The van der Waals surface area contributed by atoms with Crippen LogP contribution in [0.2, 0.25) is 0 Å². The van der Waals surface area contributed by atoms with Gasteiger partial charge in [-0.15, -0.1) is 0 Å². The molecule has 2 amide bonds. The highest BCUT2D eigenvalue weighted by Crippen LogP contribution is 2.29. The predicted octanol–water partition coefficient (Wildman–Crippen LogP) is 3.39. The smallest absolute Gasteiger partial charge is 0.254 e. The molecular weight excluding hydrogens is 404 g/mol. The number of hydrogen-bond donors (Lipinski definition) is 1. The highest BCUT2D eigenvalue weighted by Gasteiger charge is 2.30. The minimum Gasteiger partial charge on any atom is -0.496 e. The third kappa shape index (κ3) is 5.26. The van der Waals surface area contributed by atoms with Crippen molar-refractivity contribution in [2.45, 2.75) is 51.5 Å². The Balaban J connectivity index is 1.33. The van der Waals surface area contributed by atoms with Crippen LogP contribution in [0.3, 0.4) is 0 Å². The lowest BCUT2D eigenvalue weighted by molar-refractivity contribution is -0.136. The lowest BCUT2D eigenvalue weighted by Gasteiger charge is -2.33. The summed E-state index contributed by atoms with van der Waals surface area (Å²) in [6, 6.07) is 7.63. The first-order valence-corrected chi connectivity index (χ1v) is 11.6. The van der Waals surface area contributed by atoms with Crippen LogP contribution < -0.4 is 10.1 Å². The summed E-state index contributed by atoms with van der Waals surface area (Å²) < 4.78 is 5.36. The van der Waals surface area contributed by atoms with Crippen molar-refractivity contribution < 1.29 is 14.3 Å². The van der Waals surface area contributed by atoms with Crippen LogP contribution in [0.15, 0.2) is 36.8 Å². The van der Waals surface area contributed by atoms with Gasteiger partial charge < -0.3 is 15.0 Å². The van der Waals surface area contributed by atoms with Crippen LogP contribution in [-0.4, -0.2) is 46.9 Å². The largest absolute Gasteiger partial charge is 0.496 e. The maximum atomic E-state index is 12.9. The van der Waals surface area contributed by atoms with Crippen molar-refractivity contribution in [3.05, 3.63) is 53.6 Å². The van der Waals surface area contributed by atoms with E-state index in [1.807, 2.05) is 29.2 Å². The van der Waals surface area contributed by atoms with Crippen LogP contribution in [0.5, 0.6) is 5.75 Å². The molecule has 1 aliphatic carbocycles. The molecular formula is C25H32N4O3. The normalized spacial score (nSPS) is 17.3. The van der Waals surface area contributed by atoms with Crippen LogP contribution in [0, 0.1) is 11.8 Å². The molecule has 0 atom stereocenters. The highest BCUT2D eigenvalue weighted by atomic mass is 16.5. The standard InChI is InChI=1S/C25H32N4O3/c1-32-23-9-5-4-8-20(23)15-27-24(30)21-16-26-17-28-22(21)14-18-10-12-29(13-11-18)25(31)19-6-2-3-7-19/h4-5,8-9,16-19H,2-3,6-7,10-15H2,1H3,(H,27,30). The molecule has 1 saturated heterocycles. The first-order chi connectivity index (χ1) is 15.7. The molecule has 2 aliphatic rings. The third-order valence-electron chi connectivity index (χ3n) is 6.78. The van der Waals surface area contributed by atoms with Crippen LogP contribution in [0.25, 0.3) is 0 Å². The van der Waals surface area contributed by atoms with Crippen molar-refractivity contribution in [3.63, 3.8) is 0 Å². The predicted molar refractivity (Wildman–Crippen MR) is 121 cm³/mol. The first kappa shape index (κ1) is 22.2. The van der Waals surface area contributed by atoms with Gasteiger partial charge >= 0.3 is 0 Å². The van der Waals surface area contributed by atoms with Crippen molar-refractivity contribution in [3.8, 4) is 5.75 Å². The number of hydrogen-bond acceptors (Lipinski definition) is 5. The van der Waals surface area contributed by atoms with Crippen molar-refractivity contribution >= 4 is 11.8 Å². The lowest BCUT2D eigenvalue weighted by atomic mass is 9.90. The Labute approximate surface area is 189 Å². The number of benzene rings is 1. The van der Waals surface area contributed by atoms with Gasteiger partial charge in [-0.3, -0.25) is 9.59 Å². The van der Waals surface area contributed by atoms with Crippen LogP contribution in [-0.2, 0) is 17.8 Å². The van der Waals surface area contributed by atoms with E-state index < -0.39 is 0 Å². The Kier molecular flexibility index (Phi) is 7.35. The maximum absolute atomic E-state index is 12.9. The molecule has 0 spiro atoms. The summed E-state index contributed by atoms with van der Waals surface area (Å²) in [6.45, 7) is 1.99. The molecule has 170 valence electrons. The fourth-order valence-corrected chi connectivity index (χ4v) is 4.89. The number of aromatic nitrogens is 2. The molecule has 1 N–H and O–H groups in total. The number of rotatable bonds is 7. The van der Waals surface area contributed by atoms with Gasteiger partial charge in [0.05, 0.1) is 18.4 Å². The second-order valence-electron chi connectivity index (χ2n) is 8.83. The number of ether oxygens (including phenoxy) is 1. The monoisotopic (exact) mass is 436 g/mol. The number of carbonyl (C=O) groups excluding carboxylic acids is 2. The summed E-state index contributed by atoms with van der Waals surface area (Å²) in [7, 11) is 1.62. The number of piperidine rings is 1. The maximum Gasteiger partial charge on any atom is 0.254 e. The molecule has 7 nitrogen and oxygen atoms in total. The quantitative estimate of drug-likeness (QED) is 0.719. The highest BCUT2D eigenvalue weighted by molar-refractivity contribution is 5.94. The summed E-state index contributed by atoms with van der Waals surface area (Å²) in [5.41, 5.74) is 2.21. The van der Waals surface area contributed by atoms with E-state index in [1.165, 1.54) is 19.2 Å². The lowest BCUT2D eigenvalue weighted by Crippen LogP contribution is -2.41. The Morgan fingerprint density at radius 1 is 1.12 bits per heavy atom. The molecule has 32 heavy (non-hydrogen) atoms. The first-order valence-electron chi connectivity index (χ1n) is 11.6. The van der Waals surface area contributed by atoms with E-state index in [0.29, 0.717) is 23.9 Å². The molecule has 1 aliphatic heterocycles. The van der Waals surface area contributed by atoms with E-state index in [-0.39, 0.29) is 11.8 Å².